The maximum Gasteiger partial charge on any atom is 0.246 e. The minimum absolute atomic E-state index is 0.0779. The largest absolute Gasteiger partial charge is 0.495 e. The molecule has 2 aromatic rings. The highest BCUT2D eigenvalue weighted by Crippen LogP contribution is 2.28. The maximum absolute atomic E-state index is 13.0. The Morgan fingerprint density at radius 3 is 2.53 bits per heavy atom. The Kier molecular flexibility index (Phi) is 7.25. The van der Waals surface area contributed by atoms with Gasteiger partial charge in [0, 0.05) is 25.7 Å². The molecule has 1 amide bonds. The number of nitrogens with zero attached hydrogens (tertiary/aromatic N) is 1. The molecule has 0 bridgehead atoms. The highest BCUT2D eigenvalue weighted by atomic mass is 32.2. The predicted octanol–water partition coefficient (Wildman–Crippen LogP) is 2.35. The standard InChI is InChI=1S/C22H26N2O5S/c1-17-3-5-19(6-4-17)16-23-22(25)10-8-18-7-9-20(28-2)21(15-18)30(26,27)24-11-13-29-14-12-24/h3-10,15H,11-14,16H2,1-2H3,(H,23,25). The van der Waals surface area contributed by atoms with Gasteiger partial charge in [0.25, 0.3) is 0 Å². The van der Waals surface area contributed by atoms with Crippen LogP contribution in [0.25, 0.3) is 6.08 Å². The number of carbonyl (C=O) groups is 1. The van der Waals surface area contributed by atoms with Crippen LogP contribution in [-0.2, 0) is 26.1 Å². The Balaban J connectivity index is 1.72. The molecular formula is C22H26N2O5S. The lowest BCUT2D eigenvalue weighted by atomic mass is 10.1. The van der Waals surface area contributed by atoms with Crippen molar-refractivity contribution in [2.24, 2.45) is 0 Å². The molecule has 160 valence electrons. The van der Waals surface area contributed by atoms with Crippen LogP contribution in [0.1, 0.15) is 16.7 Å². The van der Waals surface area contributed by atoms with Gasteiger partial charge in [0.15, 0.2) is 0 Å². The maximum atomic E-state index is 13.0. The zero-order valence-corrected chi connectivity index (χ0v) is 17.9. The Morgan fingerprint density at radius 2 is 1.87 bits per heavy atom. The second-order valence-electron chi connectivity index (χ2n) is 6.96. The van der Waals surface area contributed by atoms with Gasteiger partial charge in [0.1, 0.15) is 10.6 Å². The summed E-state index contributed by atoms with van der Waals surface area (Å²) in [4.78, 5) is 12.2. The average Bonchev–Trinajstić information content (AvgIpc) is 2.77. The first-order valence-corrected chi connectivity index (χ1v) is 11.1. The van der Waals surface area contributed by atoms with Crippen molar-refractivity contribution in [1.82, 2.24) is 9.62 Å². The van der Waals surface area contributed by atoms with Gasteiger partial charge in [-0.25, -0.2) is 8.42 Å². The van der Waals surface area contributed by atoms with E-state index in [1.54, 1.807) is 18.2 Å². The number of amides is 1. The Hall–Kier alpha value is -2.68. The molecule has 1 saturated heterocycles. The average molecular weight is 431 g/mol. The summed E-state index contributed by atoms with van der Waals surface area (Å²) in [6.45, 7) is 3.75. The van der Waals surface area contributed by atoms with Crippen LogP contribution in [0.4, 0.5) is 0 Å². The third-order valence-corrected chi connectivity index (χ3v) is 6.71. The normalized spacial score (nSPS) is 15.3. The third-order valence-electron chi connectivity index (χ3n) is 4.79. The number of hydrogen-bond acceptors (Lipinski definition) is 5. The van der Waals surface area contributed by atoms with Crippen LogP contribution in [0.15, 0.2) is 53.4 Å². The van der Waals surface area contributed by atoms with Gasteiger partial charge in [-0.2, -0.15) is 4.31 Å². The molecule has 30 heavy (non-hydrogen) atoms. The molecule has 0 spiro atoms. The Morgan fingerprint density at radius 1 is 1.17 bits per heavy atom. The van der Waals surface area contributed by atoms with E-state index < -0.39 is 10.0 Å². The summed E-state index contributed by atoms with van der Waals surface area (Å²) in [5, 5.41) is 2.82. The molecule has 3 rings (SSSR count). The van der Waals surface area contributed by atoms with Crippen LogP contribution >= 0.6 is 0 Å². The second kappa shape index (κ2) is 9.88. The highest BCUT2D eigenvalue weighted by molar-refractivity contribution is 7.89. The third kappa shape index (κ3) is 5.47. The van der Waals surface area contributed by atoms with Crippen molar-refractivity contribution >= 4 is 22.0 Å². The number of benzene rings is 2. The number of sulfonamides is 1. The van der Waals surface area contributed by atoms with E-state index in [4.69, 9.17) is 9.47 Å². The summed E-state index contributed by atoms with van der Waals surface area (Å²) in [5.74, 6) is 0.00597. The lowest BCUT2D eigenvalue weighted by molar-refractivity contribution is -0.116. The fraction of sp³-hybridized carbons (Fsp3) is 0.318. The van der Waals surface area contributed by atoms with E-state index >= 15 is 0 Å². The first kappa shape index (κ1) is 22.0. The molecule has 0 aliphatic carbocycles. The molecule has 0 atom stereocenters. The van der Waals surface area contributed by atoms with E-state index in [2.05, 4.69) is 5.32 Å². The zero-order valence-electron chi connectivity index (χ0n) is 17.1. The number of rotatable bonds is 7. The second-order valence-corrected chi connectivity index (χ2v) is 8.87. The molecule has 1 fully saturated rings. The quantitative estimate of drug-likeness (QED) is 0.682. The van der Waals surface area contributed by atoms with Crippen LogP contribution in [0.5, 0.6) is 5.75 Å². The summed E-state index contributed by atoms with van der Waals surface area (Å²) in [7, 11) is -2.29. The highest BCUT2D eigenvalue weighted by Gasteiger charge is 2.29. The lowest BCUT2D eigenvalue weighted by Gasteiger charge is -2.26. The Bertz CT molecular complexity index is 1010. The number of ether oxygens (including phenoxy) is 2. The van der Waals surface area contributed by atoms with E-state index in [1.807, 2.05) is 31.2 Å². The van der Waals surface area contributed by atoms with E-state index in [0.29, 0.717) is 38.4 Å². The van der Waals surface area contributed by atoms with Crippen LogP contribution < -0.4 is 10.1 Å². The molecule has 8 heteroatoms. The van der Waals surface area contributed by atoms with E-state index in [-0.39, 0.29) is 16.6 Å². The van der Waals surface area contributed by atoms with E-state index in [9.17, 15) is 13.2 Å². The van der Waals surface area contributed by atoms with Crippen molar-refractivity contribution in [3.05, 3.63) is 65.2 Å². The molecule has 1 aliphatic heterocycles. The van der Waals surface area contributed by atoms with Crippen LogP contribution in [0.3, 0.4) is 0 Å². The molecule has 0 aromatic heterocycles. The molecule has 0 unspecified atom stereocenters. The summed E-state index contributed by atoms with van der Waals surface area (Å²) < 4.78 is 37.9. The zero-order chi connectivity index (χ0) is 21.6. The molecule has 7 nitrogen and oxygen atoms in total. The Labute approximate surface area is 177 Å². The lowest BCUT2D eigenvalue weighted by Crippen LogP contribution is -2.40. The van der Waals surface area contributed by atoms with Gasteiger partial charge < -0.3 is 14.8 Å². The number of morpholine rings is 1. The molecule has 0 radical (unpaired) electrons. The molecule has 1 aliphatic rings. The van der Waals surface area contributed by atoms with Crippen molar-refractivity contribution < 1.29 is 22.7 Å². The monoisotopic (exact) mass is 430 g/mol. The topological polar surface area (TPSA) is 84.9 Å². The van der Waals surface area contributed by atoms with Crippen LogP contribution in [0, 0.1) is 6.92 Å². The van der Waals surface area contributed by atoms with Gasteiger partial charge in [-0.1, -0.05) is 35.9 Å². The van der Waals surface area contributed by atoms with Gasteiger partial charge in [-0.3, -0.25) is 4.79 Å². The van der Waals surface area contributed by atoms with E-state index in [1.165, 1.54) is 23.6 Å². The number of methoxy groups -OCH3 is 1. The summed E-state index contributed by atoms with van der Waals surface area (Å²) in [6.07, 6.45) is 2.98. The molecule has 1 N–H and O–H groups in total. The number of nitrogens with one attached hydrogen (secondary N) is 1. The summed E-state index contributed by atoms with van der Waals surface area (Å²) >= 11 is 0. The number of aryl methyl sites for hydroxylation is 1. The van der Waals surface area contributed by atoms with Gasteiger partial charge in [-0.05, 0) is 36.3 Å². The van der Waals surface area contributed by atoms with Crippen molar-refractivity contribution in [3.63, 3.8) is 0 Å². The first-order chi connectivity index (χ1) is 14.4. The summed E-state index contributed by atoms with van der Waals surface area (Å²) in [5.41, 5.74) is 2.76. The van der Waals surface area contributed by atoms with Gasteiger partial charge in [-0.15, -0.1) is 0 Å². The van der Waals surface area contributed by atoms with Crippen LogP contribution in [0.2, 0.25) is 0 Å². The van der Waals surface area contributed by atoms with Gasteiger partial charge in [0.05, 0.1) is 20.3 Å². The van der Waals surface area contributed by atoms with Crippen LogP contribution in [-0.4, -0.2) is 52.0 Å². The van der Waals surface area contributed by atoms with Crippen molar-refractivity contribution in [3.8, 4) is 5.75 Å². The SMILES string of the molecule is COc1ccc(C=CC(=O)NCc2ccc(C)cc2)cc1S(=O)(=O)N1CCOCC1. The molecule has 2 aromatic carbocycles. The minimum atomic E-state index is -3.72. The van der Waals surface area contributed by atoms with Gasteiger partial charge >= 0.3 is 0 Å². The van der Waals surface area contributed by atoms with Crippen molar-refractivity contribution in [1.29, 1.82) is 0 Å². The summed E-state index contributed by atoms with van der Waals surface area (Å²) in [6, 6.07) is 12.7. The molecule has 0 saturated carbocycles. The number of carbonyl (C=O) groups excluding carboxylic acids is 1. The first-order valence-electron chi connectivity index (χ1n) is 9.67. The van der Waals surface area contributed by atoms with Gasteiger partial charge in [0.2, 0.25) is 15.9 Å². The molecule has 1 heterocycles. The predicted molar refractivity (Wildman–Crippen MR) is 115 cm³/mol. The smallest absolute Gasteiger partial charge is 0.246 e. The fourth-order valence-corrected chi connectivity index (χ4v) is 4.65. The van der Waals surface area contributed by atoms with Crippen molar-refractivity contribution in [2.75, 3.05) is 33.4 Å². The van der Waals surface area contributed by atoms with E-state index in [0.717, 1.165) is 11.1 Å². The fourth-order valence-electron chi connectivity index (χ4n) is 3.05. The van der Waals surface area contributed by atoms with Crippen molar-refractivity contribution in [2.45, 2.75) is 18.4 Å². The molecular weight excluding hydrogens is 404 g/mol. The minimum Gasteiger partial charge on any atom is -0.495 e. The number of hydrogen-bond donors (Lipinski definition) is 1.